The van der Waals surface area contributed by atoms with E-state index in [9.17, 15) is 10.4 Å². The Balaban J connectivity index is 0.00000345. The lowest BCUT2D eigenvalue weighted by Crippen LogP contribution is -2.41. The van der Waals surface area contributed by atoms with Crippen molar-refractivity contribution in [2.75, 3.05) is 37.1 Å². The van der Waals surface area contributed by atoms with E-state index < -0.39 is 0 Å². The smallest absolute Gasteiger partial charge is 0.223 e. The van der Waals surface area contributed by atoms with E-state index in [4.69, 9.17) is 21.6 Å². The maximum atomic E-state index is 10.9. The van der Waals surface area contributed by atoms with Gasteiger partial charge in [0.05, 0.1) is 28.5 Å². The third-order valence-electron chi connectivity index (χ3n) is 6.68. The van der Waals surface area contributed by atoms with Crippen LogP contribution in [-0.4, -0.2) is 77.6 Å². The van der Waals surface area contributed by atoms with Crippen LogP contribution in [-0.2, 0) is 6.54 Å². The minimum Gasteiger partial charge on any atom is -0.411 e. The van der Waals surface area contributed by atoms with Crippen molar-refractivity contribution in [3.05, 3.63) is 66.0 Å². The quantitative estimate of drug-likeness (QED) is 0.0252. The molecular weight excluding hydrogens is 608 g/mol. The van der Waals surface area contributed by atoms with Gasteiger partial charge in [-0.3, -0.25) is 5.21 Å². The Morgan fingerprint density at radius 2 is 1.93 bits per heavy atom. The van der Waals surface area contributed by atoms with Crippen LogP contribution < -0.4 is 5.32 Å². The number of halogens is 1. The average Bonchev–Trinajstić information content (AvgIpc) is 3.47. The molecule has 0 atom stereocenters. The number of nitrogens with one attached hydrogen (secondary N) is 1. The predicted molar refractivity (Wildman–Crippen MR) is 188 cm³/mol. The number of nitrogens with zero attached hydrogens (tertiary/aromatic N) is 7. The van der Waals surface area contributed by atoms with Gasteiger partial charge in [-0.25, -0.2) is 15.0 Å². The molecule has 3 N–H and O–H groups in total. The summed E-state index contributed by atoms with van der Waals surface area (Å²) in [6.45, 7) is 14.7. The van der Waals surface area contributed by atoms with Gasteiger partial charge in [0.15, 0.2) is 5.16 Å². The number of hydrazine groups is 1. The van der Waals surface area contributed by atoms with E-state index in [1.165, 1.54) is 5.17 Å². The van der Waals surface area contributed by atoms with Crippen LogP contribution in [0.1, 0.15) is 66.4 Å². The summed E-state index contributed by atoms with van der Waals surface area (Å²) in [5.41, 5.74) is 5.43. The lowest BCUT2D eigenvalue weighted by Gasteiger charge is -2.31. The molecule has 3 aromatic rings. The highest BCUT2D eigenvalue weighted by Crippen LogP contribution is 2.35. The van der Waals surface area contributed by atoms with Crippen LogP contribution in [0.3, 0.4) is 0 Å². The molecule has 3 rings (SSSR count). The molecule has 0 amide bonds. The molecule has 12 heteroatoms. The van der Waals surface area contributed by atoms with Crippen molar-refractivity contribution in [1.29, 1.82) is 0 Å². The summed E-state index contributed by atoms with van der Waals surface area (Å²) in [4.78, 5) is 14.3. The Morgan fingerprint density at radius 1 is 1.16 bits per heavy atom. The van der Waals surface area contributed by atoms with Gasteiger partial charge in [-0.05, 0) is 63.1 Å². The van der Waals surface area contributed by atoms with E-state index in [1.807, 2.05) is 80.6 Å². The number of benzene rings is 1. The largest absolute Gasteiger partial charge is 0.411 e. The number of alkyl halides is 1. The number of imidazole rings is 1. The fraction of sp³-hybridized carbons (Fsp3) is 0.455. The molecule has 0 aliphatic rings. The number of rotatable bonds is 17. The Morgan fingerprint density at radius 3 is 2.58 bits per heavy atom. The zero-order valence-electron chi connectivity index (χ0n) is 27.7. The Kier molecular flexibility index (Phi) is 17.3. The number of aromatic nitrogens is 4. The first-order valence-electron chi connectivity index (χ1n) is 15.6. The number of hydrogen-bond acceptors (Lipinski definition) is 10. The summed E-state index contributed by atoms with van der Waals surface area (Å²) in [6.07, 6.45) is 11.9. The van der Waals surface area contributed by atoms with E-state index in [-0.39, 0.29) is 0 Å². The van der Waals surface area contributed by atoms with E-state index in [2.05, 4.69) is 33.9 Å². The number of hydroxylamine groups is 1. The van der Waals surface area contributed by atoms with Gasteiger partial charge in [0, 0.05) is 43.8 Å². The standard InChI is InChI=1S/C31H43ClN8O2S.C2H6/c1-6-12-26(15-10-17-32)40(42)38(20-7-2)21-11-18-33-30-34-19-16-27(35-30)29-28(36-31(43-5)39(29)8-3)25-14-9-13-24(22-25)23(4)37-41;1-2/h9-10,12-16,19,22,41-42H,6-8,11,17-18,20-21H2,1-5H3,(H,33,34,35);1-2H3/b15-10-,26-12+,37-23-;. The van der Waals surface area contributed by atoms with Gasteiger partial charge in [0.2, 0.25) is 5.95 Å². The number of hydrogen-bond donors (Lipinski definition) is 3. The van der Waals surface area contributed by atoms with Crippen LogP contribution in [0, 0.1) is 0 Å². The second-order valence-corrected chi connectivity index (χ2v) is 10.8. The highest BCUT2D eigenvalue weighted by Gasteiger charge is 2.21. The molecule has 0 fully saturated rings. The van der Waals surface area contributed by atoms with Crippen molar-refractivity contribution >= 4 is 35.0 Å². The summed E-state index contributed by atoms with van der Waals surface area (Å²) in [6, 6.07) is 9.72. The molecular formula is C33H49ClN8O2S. The van der Waals surface area contributed by atoms with E-state index in [0.717, 1.165) is 59.2 Å². The number of oxime groups is 1. The topological polar surface area (TPSA) is 115 Å². The van der Waals surface area contributed by atoms with Crippen LogP contribution in [0.15, 0.2) is 70.8 Å². The molecule has 0 aliphatic heterocycles. The SMILES string of the molecule is CC.CC/C=C(\C=C/CCl)N(O)N(CCC)CCCNc1nccc(-c2c(-c3cccc(/C(C)=N\O)c3)nc(SC)n2CC)n1. The minimum atomic E-state index is 0.384. The van der Waals surface area contributed by atoms with Gasteiger partial charge in [0.1, 0.15) is 0 Å². The molecule has 0 aliphatic carbocycles. The molecule has 10 nitrogen and oxygen atoms in total. The highest BCUT2D eigenvalue weighted by atomic mass is 35.5. The molecule has 1 aromatic carbocycles. The molecule has 0 bridgehead atoms. The first-order chi connectivity index (χ1) is 21.9. The van der Waals surface area contributed by atoms with Gasteiger partial charge in [-0.1, -0.05) is 75.0 Å². The number of thioether (sulfide) groups is 1. The summed E-state index contributed by atoms with van der Waals surface area (Å²) >= 11 is 7.41. The number of allylic oxidation sites excluding steroid dienone is 3. The first kappa shape index (κ1) is 37.8. The predicted octanol–water partition coefficient (Wildman–Crippen LogP) is 8.18. The molecule has 0 radical (unpaired) electrons. The summed E-state index contributed by atoms with van der Waals surface area (Å²) in [7, 11) is 0. The van der Waals surface area contributed by atoms with Crippen molar-refractivity contribution in [3.63, 3.8) is 0 Å². The maximum Gasteiger partial charge on any atom is 0.223 e. The summed E-state index contributed by atoms with van der Waals surface area (Å²) < 4.78 is 2.16. The van der Waals surface area contributed by atoms with Crippen molar-refractivity contribution in [3.8, 4) is 22.6 Å². The molecule has 0 saturated heterocycles. The molecule has 2 heterocycles. The van der Waals surface area contributed by atoms with Crippen molar-refractivity contribution in [2.45, 2.75) is 72.5 Å². The van der Waals surface area contributed by atoms with E-state index in [1.54, 1.807) is 24.9 Å². The van der Waals surface area contributed by atoms with Crippen LogP contribution >= 0.6 is 23.4 Å². The molecule has 0 spiro atoms. The van der Waals surface area contributed by atoms with Crippen LogP contribution in [0.25, 0.3) is 22.6 Å². The maximum absolute atomic E-state index is 10.9. The minimum absolute atomic E-state index is 0.384. The molecule has 0 unspecified atom stereocenters. The van der Waals surface area contributed by atoms with Gasteiger partial charge in [0.25, 0.3) is 0 Å². The third kappa shape index (κ3) is 10.6. The third-order valence-corrected chi connectivity index (χ3v) is 7.54. The lowest BCUT2D eigenvalue weighted by molar-refractivity contribution is -0.214. The van der Waals surface area contributed by atoms with E-state index in [0.29, 0.717) is 42.9 Å². The number of anilines is 1. The summed E-state index contributed by atoms with van der Waals surface area (Å²) in [5, 5.41) is 31.0. The second kappa shape index (κ2) is 20.6. The zero-order valence-corrected chi connectivity index (χ0v) is 29.2. The van der Waals surface area contributed by atoms with Crippen molar-refractivity contribution in [1.82, 2.24) is 29.7 Å². The van der Waals surface area contributed by atoms with Crippen molar-refractivity contribution < 1.29 is 10.4 Å². The van der Waals surface area contributed by atoms with Crippen LogP contribution in [0.4, 0.5) is 5.95 Å². The first-order valence-corrected chi connectivity index (χ1v) is 17.4. The fourth-order valence-electron chi connectivity index (χ4n) is 4.64. The molecule has 45 heavy (non-hydrogen) atoms. The normalized spacial score (nSPS) is 12.0. The van der Waals surface area contributed by atoms with Gasteiger partial charge in [-0.15, -0.1) is 11.6 Å². The lowest BCUT2D eigenvalue weighted by atomic mass is 10.0. The molecule has 2 aromatic heterocycles. The average molecular weight is 657 g/mol. The van der Waals surface area contributed by atoms with Crippen LogP contribution in [0.5, 0.6) is 0 Å². The Labute approximate surface area is 277 Å². The molecule has 246 valence electrons. The van der Waals surface area contributed by atoms with Gasteiger partial charge >= 0.3 is 0 Å². The monoisotopic (exact) mass is 656 g/mol. The highest BCUT2D eigenvalue weighted by molar-refractivity contribution is 7.98. The zero-order chi connectivity index (χ0) is 33.2. The second-order valence-electron chi connectivity index (χ2n) is 9.69. The van der Waals surface area contributed by atoms with Crippen molar-refractivity contribution in [2.24, 2.45) is 5.16 Å². The Bertz CT molecular complexity index is 1410. The van der Waals surface area contributed by atoms with Crippen LogP contribution in [0.2, 0.25) is 0 Å². The van der Waals surface area contributed by atoms with Gasteiger partial charge < -0.3 is 15.1 Å². The fourth-order valence-corrected chi connectivity index (χ4v) is 5.36. The van der Waals surface area contributed by atoms with E-state index >= 15 is 0 Å². The van der Waals surface area contributed by atoms with Gasteiger partial charge in [-0.2, -0.15) is 10.2 Å². The summed E-state index contributed by atoms with van der Waals surface area (Å²) in [5.74, 6) is 0.907. The Hall–Kier alpha value is -3.38. The molecule has 0 saturated carbocycles.